The van der Waals surface area contributed by atoms with E-state index >= 15 is 0 Å². The molecule has 0 radical (unpaired) electrons. The third-order valence-electron chi connectivity index (χ3n) is 2.91. The fraction of sp³-hybridized carbons (Fsp3) is 0.400. The number of rotatable bonds is 4. The molecule has 3 heteroatoms. The molecule has 0 bridgehead atoms. The van der Waals surface area contributed by atoms with Gasteiger partial charge in [0.15, 0.2) is 0 Å². The van der Waals surface area contributed by atoms with E-state index in [1.165, 1.54) is 0 Å². The minimum Gasteiger partial charge on any atom is -0.466 e. The maximum absolute atomic E-state index is 11.4. The second kappa shape index (κ2) is 6.36. The van der Waals surface area contributed by atoms with E-state index in [1.807, 2.05) is 43.3 Å². The number of esters is 1. The molecule has 1 aromatic carbocycles. The molecule has 1 heterocycles. The second-order valence-corrected chi connectivity index (χ2v) is 4.32. The van der Waals surface area contributed by atoms with Gasteiger partial charge in [-0.05, 0) is 12.5 Å². The maximum Gasteiger partial charge on any atom is 0.306 e. The molecule has 0 amide bonds. The lowest BCUT2D eigenvalue weighted by molar-refractivity contribution is -0.144. The van der Waals surface area contributed by atoms with Crippen LogP contribution in [0.25, 0.3) is 0 Å². The number of benzene rings is 1. The van der Waals surface area contributed by atoms with Crippen LogP contribution in [0.3, 0.4) is 0 Å². The third-order valence-corrected chi connectivity index (χ3v) is 2.91. The Morgan fingerprint density at radius 2 is 2.11 bits per heavy atom. The predicted octanol–water partition coefficient (Wildman–Crippen LogP) is 2.88. The molecule has 1 aliphatic heterocycles. The van der Waals surface area contributed by atoms with Gasteiger partial charge in [-0.15, -0.1) is 0 Å². The summed E-state index contributed by atoms with van der Waals surface area (Å²) in [7, 11) is 0. The van der Waals surface area contributed by atoms with E-state index in [0.29, 0.717) is 19.6 Å². The summed E-state index contributed by atoms with van der Waals surface area (Å²) in [5.74, 6) is -0.0297. The Hall–Kier alpha value is -1.61. The molecule has 0 fully saturated rings. The summed E-state index contributed by atoms with van der Waals surface area (Å²) in [5, 5.41) is 0. The van der Waals surface area contributed by atoms with Gasteiger partial charge in [-0.3, -0.25) is 4.79 Å². The maximum atomic E-state index is 11.4. The Morgan fingerprint density at radius 1 is 1.33 bits per heavy atom. The number of carbonyl (C=O) groups is 1. The van der Waals surface area contributed by atoms with Crippen LogP contribution >= 0.6 is 0 Å². The highest BCUT2D eigenvalue weighted by Gasteiger charge is 2.20. The van der Waals surface area contributed by atoms with Crippen molar-refractivity contribution >= 4 is 5.97 Å². The van der Waals surface area contributed by atoms with Crippen molar-refractivity contribution in [2.75, 3.05) is 13.2 Å². The number of hydrogen-bond acceptors (Lipinski definition) is 3. The van der Waals surface area contributed by atoms with Crippen LogP contribution in [0.4, 0.5) is 0 Å². The van der Waals surface area contributed by atoms with Crippen molar-refractivity contribution in [3.63, 3.8) is 0 Å². The smallest absolute Gasteiger partial charge is 0.306 e. The number of ether oxygens (including phenoxy) is 2. The van der Waals surface area contributed by atoms with Crippen molar-refractivity contribution in [2.24, 2.45) is 5.92 Å². The van der Waals surface area contributed by atoms with E-state index in [2.05, 4.69) is 6.08 Å². The van der Waals surface area contributed by atoms with Gasteiger partial charge in [0.05, 0.1) is 19.6 Å². The van der Waals surface area contributed by atoms with Crippen molar-refractivity contribution in [1.29, 1.82) is 0 Å². The standard InChI is InChI=1S/C15H18O3/c1-2-17-15(16)10-12-8-9-14(18-11-12)13-6-4-3-5-7-13/h3-9,12,14H,2,10-11H2,1H3/t12-,14+/m1/s1. The van der Waals surface area contributed by atoms with Gasteiger partial charge in [0, 0.05) is 5.92 Å². The first-order chi connectivity index (χ1) is 8.79. The Bertz CT molecular complexity index is 411. The lowest BCUT2D eigenvalue weighted by Crippen LogP contribution is -2.19. The van der Waals surface area contributed by atoms with Crippen molar-refractivity contribution < 1.29 is 14.3 Å². The quantitative estimate of drug-likeness (QED) is 0.605. The van der Waals surface area contributed by atoms with Gasteiger partial charge >= 0.3 is 5.97 Å². The minimum atomic E-state index is -0.158. The normalized spacial score (nSPS) is 22.7. The Labute approximate surface area is 107 Å². The monoisotopic (exact) mass is 246 g/mol. The summed E-state index contributed by atoms with van der Waals surface area (Å²) < 4.78 is 10.7. The largest absolute Gasteiger partial charge is 0.466 e. The van der Waals surface area contributed by atoms with E-state index < -0.39 is 0 Å². The van der Waals surface area contributed by atoms with Crippen LogP contribution in [0, 0.1) is 5.92 Å². The lowest BCUT2D eigenvalue weighted by Gasteiger charge is -2.23. The molecular weight excluding hydrogens is 228 g/mol. The molecular formula is C15H18O3. The fourth-order valence-electron chi connectivity index (χ4n) is 2.01. The van der Waals surface area contributed by atoms with E-state index in [1.54, 1.807) is 0 Å². The van der Waals surface area contributed by atoms with Gasteiger partial charge < -0.3 is 9.47 Å². The number of hydrogen-bond donors (Lipinski definition) is 0. The van der Waals surface area contributed by atoms with Crippen molar-refractivity contribution in [2.45, 2.75) is 19.4 Å². The minimum absolute atomic E-state index is 0.00430. The molecule has 0 N–H and O–H groups in total. The van der Waals surface area contributed by atoms with Crippen LogP contribution in [0.1, 0.15) is 25.0 Å². The SMILES string of the molecule is CCOC(=O)C[C@H]1C=C[C@@H](c2ccccc2)OC1. The molecule has 96 valence electrons. The summed E-state index contributed by atoms with van der Waals surface area (Å²) in [4.78, 5) is 11.4. The van der Waals surface area contributed by atoms with Gasteiger partial charge in [0.2, 0.25) is 0 Å². The second-order valence-electron chi connectivity index (χ2n) is 4.32. The predicted molar refractivity (Wildman–Crippen MR) is 69.0 cm³/mol. The zero-order chi connectivity index (χ0) is 12.8. The van der Waals surface area contributed by atoms with Gasteiger partial charge in [-0.2, -0.15) is 0 Å². The van der Waals surface area contributed by atoms with Crippen molar-refractivity contribution in [3.8, 4) is 0 Å². The molecule has 3 nitrogen and oxygen atoms in total. The first-order valence-electron chi connectivity index (χ1n) is 6.30. The first kappa shape index (κ1) is 12.8. The van der Waals surface area contributed by atoms with E-state index in [4.69, 9.17) is 9.47 Å². The van der Waals surface area contributed by atoms with Gasteiger partial charge in [0.1, 0.15) is 6.10 Å². The molecule has 0 spiro atoms. The molecule has 0 saturated carbocycles. The fourth-order valence-corrected chi connectivity index (χ4v) is 2.01. The van der Waals surface area contributed by atoms with Crippen LogP contribution in [0.2, 0.25) is 0 Å². The molecule has 0 saturated heterocycles. The van der Waals surface area contributed by atoms with Gasteiger partial charge in [0.25, 0.3) is 0 Å². The molecule has 1 aromatic rings. The molecule has 0 aromatic heterocycles. The van der Waals surface area contributed by atoms with Crippen LogP contribution in [0.15, 0.2) is 42.5 Å². The molecule has 1 aliphatic rings. The van der Waals surface area contributed by atoms with Crippen molar-refractivity contribution in [1.82, 2.24) is 0 Å². The van der Waals surface area contributed by atoms with Gasteiger partial charge in [-0.25, -0.2) is 0 Å². The highest BCUT2D eigenvalue weighted by atomic mass is 16.5. The summed E-state index contributed by atoms with van der Waals surface area (Å²) in [6.07, 6.45) is 4.47. The van der Waals surface area contributed by atoms with Crippen LogP contribution in [-0.4, -0.2) is 19.2 Å². The zero-order valence-corrected chi connectivity index (χ0v) is 10.5. The average Bonchev–Trinajstić information content (AvgIpc) is 2.41. The van der Waals surface area contributed by atoms with Crippen molar-refractivity contribution in [3.05, 3.63) is 48.0 Å². The Balaban J connectivity index is 1.90. The molecule has 18 heavy (non-hydrogen) atoms. The van der Waals surface area contributed by atoms with E-state index in [0.717, 1.165) is 5.56 Å². The summed E-state index contributed by atoms with van der Waals surface area (Å²) in [6.45, 7) is 2.81. The Morgan fingerprint density at radius 3 is 2.72 bits per heavy atom. The van der Waals surface area contributed by atoms with E-state index in [9.17, 15) is 4.79 Å². The molecule has 0 unspecified atom stereocenters. The van der Waals surface area contributed by atoms with Crippen LogP contribution in [-0.2, 0) is 14.3 Å². The number of carbonyl (C=O) groups excluding carboxylic acids is 1. The Kier molecular flexibility index (Phi) is 4.53. The first-order valence-corrected chi connectivity index (χ1v) is 6.30. The average molecular weight is 246 g/mol. The van der Waals surface area contributed by atoms with Crippen LogP contribution in [0.5, 0.6) is 0 Å². The molecule has 2 atom stereocenters. The van der Waals surface area contributed by atoms with Gasteiger partial charge in [-0.1, -0.05) is 42.5 Å². The van der Waals surface area contributed by atoms with Crippen LogP contribution < -0.4 is 0 Å². The topological polar surface area (TPSA) is 35.5 Å². The molecule has 0 aliphatic carbocycles. The summed E-state index contributed by atoms with van der Waals surface area (Å²) >= 11 is 0. The summed E-state index contributed by atoms with van der Waals surface area (Å²) in [6, 6.07) is 10.1. The highest BCUT2D eigenvalue weighted by Crippen LogP contribution is 2.25. The summed E-state index contributed by atoms with van der Waals surface area (Å²) in [5.41, 5.74) is 1.14. The zero-order valence-electron chi connectivity index (χ0n) is 10.5. The molecule has 2 rings (SSSR count). The lowest BCUT2D eigenvalue weighted by atomic mass is 10.00. The third kappa shape index (κ3) is 3.44. The van der Waals surface area contributed by atoms with E-state index in [-0.39, 0.29) is 18.0 Å². The highest BCUT2D eigenvalue weighted by molar-refractivity contribution is 5.70.